The summed E-state index contributed by atoms with van der Waals surface area (Å²) in [6.45, 7) is 0. The lowest BCUT2D eigenvalue weighted by atomic mass is 9.81. The molecule has 0 spiro atoms. The highest BCUT2D eigenvalue weighted by atomic mass is 35.5. The predicted octanol–water partition coefficient (Wildman–Crippen LogP) is 4.09. The first-order chi connectivity index (χ1) is 13.5. The van der Waals surface area contributed by atoms with Gasteiger partial charge in [0.1, 0.15) is 5.75 Å². The second-order valence-corrected chi connectivity index (χ2v) is 8.19. The molecule has 0 unspecified atom stereocenters. The van der Waals surface area contributed by atoms with Gasteiger partial charge in [-0.15, -0.1) is 0 Å². The van der Waals surface area contributed by atoms with Crippen LogP contribution >= 0.6 is 11.6 Å². The Morgan fingerprint density at radius 3 is 2.18 bits per heavy atom. The molecular weight excluding hydrogens is 378 g/mol. The number of rotatable bonds is 3. The van der Waals surface area contributed by atoms with Gasteiger partial charge in [-0.25, -0.2) is 9.69 Å². The Morgan fingerprint density at radius 1 is 0.929 bits per heavy atom. The Morgan fingerprint density at radius 2 is 1.54 bits per heavy atom. The quantitative estimate of drug-likeness (QED) is 0.446. The van der Waals surface area contributed by atoms with Gasteiger partial charge in [-0.05, 0) is 67.5 Å². The lowest BCUT2D eigenvalue weighted by Crippen LogP contribution is -2.34. The van der Waals surface area contributed by atoms with E-state index in [1.54, 1.807) is 48.5 Å². The fourth-order valence-corrected chi connectivity index (χ4v) is 5.28. The fourth-order valence-electron chi connectivity index (χ4n) is 5.15. The second kappa shape index (κ2) is 6.45. The van der Waals surface area contributed by atoms with E-state index in [0.29, 0.717) is 28.3 Å². The Hall–Kier alpha value is -2.66. The van der Waals surface area contributed by atoms with Gasteiger partial charge in [0.25, 0.3) is 0 Å². The van der Waals surface area contributed by atoms with Crippen LogP contribution in [-0.2, 0) is 9.59 Å². The first-order valence-electron chi connectivity index (χ1n) is 9.49. The number of anilines is 1. The van der Waals surface area contributed by atoms with E-state index in [9.17, 15) is 14.4 Å². The molecule has 0 aromatic heterocycles. The molecular formula is C22H18ClNO4. The first kappa shape index (κ1) is 17.4. The summed E-state index contributed by atoms with van der Waals surface area (Å²) in [5.74, 6) is -0.480. The lowest BCUT2D eigenvalue weighted by Gasteiger charge is -2.19. The molecule has 5 rings (SSSR count). The highest BCUT2D eigenvalue weighted by molar-refractivity contribution is 6.30. The Kier molecular flexibility index (Phi) is 4.02. The third-order valence-corrected chi connectivity index (χ3v) is 6.57. The number of benzene rings is 2. The van der Waals surface area contributed by atoms with Crippen LogP contribution in [0.25, 0.3) is 0 Å². The Bertz CT molecular complexity index is 958. The van der Waals surface area contributed by atoms with Crippen molar-refractivity contribution < 1.29 is 19.1 Å². The van der Waals surface area contributed by atoms with Crippen molar-refractivity contribution in [1.29, 1.82) is 0 Å². The molecule has 142 valence electrons. The monoisotopic (exact) mass is 395 g/mol. The van der Waals surface area contributed by atoms with Crippen molar-refractivity contribution in [2.45, 2.75) is 19.3 Å². The number of hydrogen-bond donors (Lipinski definition) is 0. The van der Waals surface area contributed by atoms with Crippen LogP contribution in [0, 0.1) is 23.7 Å². The van der Waals surface area contributed by atoms with Crippen molar-refractivity contribution in [2.75, 3.05) is 4.90 Å². The topological polar surface area (TPSA) is 63.7 Å². The van der Waals surface area contributed by atoms with E-state index >= 15 is 0 Å². The van der Waals surface area contributed by atoms with E-state index in [4.69, 9.17) is 16.3 Å². The maximum absolute atomic E-state index is 13.1. The molecule has 3 fully saturated rings. The van der Waals surface area contributed by atoms with Gasteiger partial charge in [-0.2, -0.15) is 0 Å². The van der Waals surface area contributed by atoms with Crippen LogP contribution in [0.15, 0.2) is 48.5 Å². The van der Waals surface area contributed by atoms with Gasteiger partial charge in [0, 0.05) is 5.02 Å². The fraction of sp³-hybridized carbons (Fsp3) is 0.318. The van der Waals surface area contributed by atoms with Gasteiger partial charge >= 0.3 is 5.97 Å². The summed E-state index contributed by atoms with van der Waals surface area (Å²) in [6, 6.07) is 13.1. The third kappa shape index (κ3) is 2.57. The Labute approximate surface area is 167 Å². The second-order valence-electron chi connectivity index (χ2n) is 7.76. The molecule has 2 amide bonds. The van der Waals surface area contributed by atoms with Gasteiger partial charge in [-0.1, -0.05) is 23.7 Å². The number of ether oxygens (including phenoxy) is 1. The molecule has 6 heteroatoms. The number of fused-ring (bicyclic) bond motifs is 5. The van der Waals surface area contributed by atoms with Crippen molar-refractivity contribution in [1.82, 2.24) is 0 Å². The van der Waals surface area contributed by atoms with E-state index < -0.39 is 5.97 Å². The number of para-hydroxylation sites is 1. The molecule has 2 bridgehead atoms. The molecule has 2 aliphatic carbocycles. The average Bonchev–Trinajstić information content (AvgIpc) is 3.37. The molecule has 4 atom stereocenters. The number of carbonyl (C=O) groups excluding carboxylic acids is 3. The van der Waals surface area contributed by atoms with Crippen molar-refractivity contribution >= 4 is 35.1 Å². The summed E-state index contributed by atoms with van der Waals surface area (Å²) in [7, 11) is 0. The number of nitrogens with zero attached hydrogens (tertiary/aromatic N) is 1. The minimum absolute atomic E-state index is 0.172. The Balaban J connectivity index is 1.47. The molecule has 3 aliphatic rings. The van der Waals surface area contributed by atoms with E-state index in [1.165, 1.54) is 4.90 Å². The van der Waals surface area contributed by atoms with Crippen LogP contribution in [0.1, 0.15) is 29.6 Å². The van der Waals surface area contributed by atoms with Crippen LogP contribution in [0.5, 0.6) is 5.75 Å². The van der Waals surface area contributed by atoms with Gasteiger partial charge in [0.15, 0.2) is 0 Å². The maximum Gasteiger partial charge on any atom is 0.345 e. The summed E-state index contributed by atoms with van der Waals surface area (Å²) < 4.78 is 5.43. The van der Waals surface area contributed by atoms with Crippen LogP contribution in [0.2, 0.25) is 5.02 Å². The van der Waals surface area contributed by atoms with Crippen LogP contribution in [0.4, 0.5) is 5.69 Å². The standard InChI is InChI=1S/C22H18ClNO4/c23-14-7-9-15(10-8-14)28-22(27)16-3-1-2-4-17(16)24-20(25)18-12-5-6-13(11-12)19(18)21(24)26/h1-4,7-10,12-13,18-19H,5-6,11H2/t12-,13+,18-,19+. The predicted molar refractivity (Wildman–Crippen MR) is 103 cm³/mol. The van der Waals surface area contributed by atoms with Crippen molar-refractivity contribution in [3.8, 4) is 5.75 Å². The van der Waals surface area contributed by atoms with Crippen LogP contribution in [0.3, 0.4) is 0 Å². The molecule has 1 heterocycles. The highest BCUT2D eigenvalue weighted by Gasteiger charge is 2.61. The third-order valence-electron chi connectivity index (χ3n) is 6.32. The summed E-state index contributed by atoms with van der Waals surface area (Å²) in [5.41, 5.74) is 0.511. The molecule has 2 saturated carbocycles. The number of halogens is 1. The summed E-state index contributed by atoms with van der Waals surface area (Å²) >= 11 is 5.86. The van der Waals surface area contributed by atoms with E-state index in [2.05, 4.69) is 0 Å². The van der Waals surface area contributed by atoms with E-state index in [-0.39, 0.29) is 29.2 Å². The van der Waals surface area contributed by atoms with Crippen LogP contribution in [-0.4, -0.2) is 17.8 Å². The van der Waals surface area contributed by atoms with Crippen LogP contribution < -0.4 is 9.64 Å². The lowest BCUT2D eigenvalue weighted by molar-refractivity contribution is -0.123. The zero-order valence-electron chi connectivity index (χ0n) is 15.0. The normalized spacial score (nSPS) is 28.0. The molecule has 0 radical (unpaired) electrons. The largest absolute Gasteiger partial charge is 0.423 e. The smallest absolute Gasteiger partial charge is 0.345 e. The minimum atomic E-state index is -0.612. The molecule has 28 heavy (non-hydrogen) atoms. The SMILES string of the molecule is O=C(Oc1ccc(Cl)cc1)c1ccccc1N1C(=O)[C@@H]2[C@@H]3CC[C@@H](C3)[C@@H]2C1=O. The van der Waals surface area contributed by atoms with Gasteiger partial charge in [0.2, 0.25) is 11.8 Å². The molecule has 1 aliphatic heterocycles. The highest BCUT2D eigenvalue weighted by Crippen LogP contribution is 2.56. The average molecular weight is 396 g/mol. The molecule has 0 N–H and O–H groups in total. The zero-order valence-corrected chi connectivity index (χ0v) is 15.8. The number of esters is 1. The molecule has 1 saturated heterocycles. The van der Waals surface area contributed by atoms with Gasteiger partial charge in [-0.3, -0.25) is 9.59 Å². The summed E-state index contributed by atoms with van der Waals surface area (Å²) in [4.78, 5) is 40.2. The van der Waals surface area contributed by atoms with Gasteiger partial charge in [0.05, 0.1) is 23.1 Å². The van der Waals surface area contributed by atoms with Crippen molar-refractivity contribution in [3.63, 3.8) is 0 Å². The minimum Gasteiger partial charge on any atom is -0.423 e. The zero-order chi connectivity index (χ0) is 19.4. The molecule has 2 aromatic rings. The summed E-state index contributed by atoms with van der Waals surface area (Å²) in [6.07, 6.45) is 3.00. The molecule has 5 nitrogen and oxygen atoms in total. The first-order valence-corrected chi connectivity index (χ1v) is 9.87. The van der Waals surface area contributed by atoms with E-state index in [0.717, 1.165) is 19.3 Å². The number of amides is 2. The molecule has 2 aromatic carbocycles. The number of imide groups is 1. The van der Waals surface area contributed by atoms with Gasteiger partial charge < -0.3 is 4.74 Å². The van der Waals surface area contributed by atoms with Crippen molar-refractivity contribution in [3.05, 3.63) is 59.1 Å². The van der Waals surface area contributed by atoms with Crippen molar-refractivity contribution in [2.24, 2.45) is 23.7 Å². The summed E-state index contributed by atoms with van der Waals surface area (Å²) in [5, 5.41) is 0.537. The number of hydrogen-bond acceptors (Lipinski definition) is 4. The van der Waals surface area contributed by atoms with E-state index in [1.807, 2.05) is 0 Å². The maximum atomic E-state index is 13.1. The number of carbonyl (C=O) groups is 3.